The molecule has 0 aromatic rings. The molecule has 0 spiro atoms. The lowest BCUT2D eigenvalue weighted by Crippen LogP contribution is -2.47. The Hall–Kier alpha value is -0.570. The first-order chi connectivity index (χ1) is 5.12. The molecule has 0 aromatic heterocycles. The molecule has 1 aliphatic carbocycles. The van der Waals surface area contributed by atoms with Crippen LogP contribution in [0.1, 0.15) is 19.3 Å². The maximum absolute atomic E-state index is 11.4. The Kier molecular flexibility index (Phi) is 2.18. The summed E-state index contributed by atoms with van der Waals surface area (Å²) in [6.45, 7) is 0.00398. The quantitative estimate of drug-likeness (QED) is 0.623. The summed E-state index contributed by atoms with van der Waals surface area (Å²) in [7, 11) is 3.47. The van der Waals surface area contributed by atoms with Crippen LogP contribution in [0.2, 0.25) is 0 Å². The highest BCUT2D eigenvalue weighted by Crippen LogP contribution is 2.41. The third-order valence-corrected chi connectivity index (χ3v) is 2.47. The van der Waals surface area contributed by atoms with Crippen molar-refractivity contribution < 1.29 is 9.90 Å². The molecule has 0 radical (unpaired) electrons. The third kappa shape index (κ3) is 1.25. The van der Waals surface area contributed by atoms with E-state index in [1.54, 1.807) is 19.0 Å². The minimum absolute atomic E-state index is 0.00398. The summed E-state index contributed by atoms with van der Waals surface area (Å²) in [5, 5.41) is 9.01. The number of hydrogen-bond acceptors (Lipinski definition) is 2. The van der Waals surface area contributed by atoms with Crippen molar-refractivity contribution in [1.82, 2.24) is 4.90 Å². The molecule has 0 aliphatic heterocycles. The minimum Gasteiger partial charge on any atom is -0.395 e. The van der Waals surface area contributed by atoms with Gasteiger partial charge in [-0.2, -0.15) is 0 Å². The molecule has 1 saturated carbocycles. The van der Waals surface area contributed by atoms with Crippen molar-refractivity contribution in [1.29, 1.82) is 0 Å². The van der Waals surface area contributed by atoms with E-state index >= 15 is 0 Å². The molecule has 0 aromatic carbocycles. The lowest BCUT2D eigenvalue weighted by Gasteiger charge is -2.40. The highest BCUT2D eigenvalue weighted by molar-refractivity contribution is 5.83. The molecule has 0 heterocycles. The van der Waals surface area contributed by atoms with Crippen molar-refractivity contribution in [2.45, 2.75) is 19.3 Å². The number of nitrogens with zero attached hydrogens (tertiary/aromatic N) is 1. The molecule has 1 fully saturated rings. The average Bonchev–Trinajstić information content (AvgIpc) is 1.86. The van der Waals surface area contributed by atoms with Gasteiger partial charge in [-0.25, -0.2) is 0 Å². The van der Waals surface area contributed by atoms with Gasteiger partial charge in [0.1, 0.15) is 0 Å². The first kappa shape index (κ1) is 8.53. The van der Waals surface area contributed by atoms with Crippen LogP contribution in [-0.4, -0.2) is 36.6 Å². The van der Waals surface area contributed by atoms with Gasteiger partial charge < -0.3 is 10.0 Å². The fourth-order valence-corrected chi connectivity index (χ4v) is 1.52. The fraction of sp³-hybridized carbons (Fsp3) is 0.875. The largest absolute Gasteiger partial charge is 0.395 e. The normalized spacial score (nSPS) is 20.6. The van der Waals surface area contributed by atoms with Crippen molar-refractivity contribution in [3.8, 4) is 0 Å². The van der Waals surface area contributed by atoms with Crippen LogP contribution in [0.3, 0.4) is 0 Å². The van der Waals surface area contributed by atoms with Crippen LogP contribution < -0.4 is 0 Å². The van der Waals surface area contributed by atoms with Gasteiger partial charge in [-0.3, -0.25) is 4.79 Å². The Balaban J connectivity index is 2.62. The van der Waals surface area contributed by atoms with Crippen LogP contribution in [-0.2, 0) is 4.79 Å². The molecule has 0 unspecified atom stereocenters. The standard InChI is InChI=1S/C8H15NO2/c1-9(2)7(11)8(6-10)4-3-5-8/h10H,3-6H2,1-2H3. The van der Waals surface area contributed by atoms with Gasteiger partial charge in [0.25, 0.3) is 0 Å². The summed E-state index contributed by atoms with van der Waals surface area (Å²) in [5.74, 6) is 0.0752. The Morgan fingerprint density at radius 2 is 2.09 bits per heavy atom. The Morgan fingerprint density at radius 3 is 2.18 bits per heavy atom. The fourth-order valence-electron chi connectivity index (χ4n) is 1.52. The maximum Gasteiger partial charge on any atom is 0.230 e. The van der Waals surface area contributed by atoms with Gasteiger partial charge in [0.15, 0.2) is 0 Å². The second kappa shape index (κ2) is 2.81. The maximum atomic E-state index is 11.4. The van der Waals surface area contributed by atoms with E-state index in [-0.39, 0.29) is 12.5 Å². The number of rotatable bonds is 2. The van der Waals surface area contributed by atoms with Crippen LogP contribution in [0.15, 0.2) is 0 Å². The number of carbonyl (C=O) groups excluding carboxylic acids is 1. The summed E-state index contributed by atoms with van der Waals surface area (Å²) in [6, 6.07) is 0. The SMILES string of the molecule is CN(C)C(=O)C1(CO)CCC1. The molecule has 1 aliphatic rings. The van der Waals surface area contributed by atoms with Gasteiger partial charge in [0, 0.05) is 14.1 Å². The molecule has 3 heteroatoms. The van der Waals surface area contributed by atoms with Crippen molar-refractivity contribution in [3.63, 3.8) is 0 Å². The van der Waals surface area contributed by atoms with E-state index < -0.39 is 5.41 Å². The Bertz CT molecular complexity index is 156. The first-order valence-electron chi connectivity index (χ1n) is 3.95. The summed E-state index contributed by atoms with van der Waals surface area (Å²) in [6.07, 6.45) is 2.77. The van der Waals surface area contributed by atoms with Crippen molar-refractivity contribution in [3.05, 3.63) is 0 Å². The second-order valence-corrected chi connectivity index (χ2v) is 3.49. The predicted molar refractivity (Wildman–Crippen MR) is 42.1 cm³/mol. The summed E-state index contributed by atoms with van der Waals surface area (Å²) in [4.78, 5) is 13.0. The smallest absolute Gasteiger partial charge is 0.230 e. The zero-order valence-corrected chi connectivity index (χ0v) is 7.13. The number of hydrogen-bond donors (Lipinski definition) is 1. The van der Waals surface area contributed by atoms with Crippen molar-refractivity contribution >= 4 is 5.91 Å². The number of aliphatic hydroxyl groups is 1. The van der Waals surface area contributed by atoms with Crippen LogP contribution in [0, 0.1) is 5.41 Å². The number of amides is 1. The minimum atomic E-state index is -0.413. The molecule has 0 saturated heterocycles. The van der Waals surface area contributed by atoms with Gasteiger partial charge in [0.2, 0.25) is 5.91 Å². The molecule has 0 atom stereocenters. The zero-order valence-electron chi connectivity index (χ0n) is 7.13. The third-order valence-electron chi connectivity index (χ3n) is 2.47. The molecule has 11 heavy (non-hydrogen) atoms. The average molecular weight is 157 g/mol. The number of aliphatic hydroxyl groups excluding tert-OH is 1. The van der Waals surface area contributed by atoms with Crippen molar-refractivity contribution in [2.24, 2.45) is 5.41 Å². The highest BCUT2D eigenvalue weighted by atomic mass is 16.3. The Labute approximate surface area is 67.0 Å². The van der Waals surface area contributed by atoms with Gasteiger partial charge >= 0.3 is 0 Å². The van der Waals surface area contributed by atoms with Crippen LogP contribution in [0.25, 0.3) is 0 Å². The summed E-state index contributed by atoms with van der Waals surface area (Å²) >= 11 is 0. The summed E-state index contributed by atoms with van der Waals surface area (Å²) in [5.41, 5.74) is -0.413. The van der Waals surface area contributed by atoms with Crippen LogP contribution in [0.5, 0.6) is 0 Å². The van der Waals surface area contributed by atoms with Gasteiger partial charge in [-0.15, -0.1) is 0 Å². The molecule has 1 amide bonds. The van der Waals surface area contributed by atoms with E-state index in [0.29, 0.717) is 0 Å². The van der Waals surface area contributed by atoms with Crippen LogP contribution >= 0.6 is 0 Å². The van der Waals surface area contributed by atoms with Gasteiger partial charge in [-0.05, 0) is 12.8 Å². The molecule has 1 rings (SSSR count). The molecule has 64 valence electrons. The molecule has 1 N–H and O–H groups in total. The van der Waals surface area contributed by atoms with Gasteiger partial charge in [0.05, 0.1) is 12.0 Å². The lowest BCUT2D eigenvalue weighted by molar-refractivity contribution is -0.148. The molecule has 0 bridgehead atoms. The number of carbonyl (C=O) groups is 1. The monoisotopic (exact) mass is 157 g/mol. The molecular formula is C8H15NO2. The van der Waals surface area contributed by atoms with Crippen LogP contribution in [0.4, 0.5) is 0 Å². The van der Waals surface area contributed by atoms with Gasteiger partial charge in [-0.1, -0.05) is 6.42 Å². The van der Waals surface area contributed by atoms with E-state index in [9.17, 15) is 4.79 Å². The van der Waals surface area contributed by atoms with Crippen molar-refractivity contribution in [2.75, 3.05) is 20.7 Å². The zero-order chi connectivity index (χ0) is 8.48. The molecular weight excluding hydrogens is 142 g/mol. The van der Waals surface area contributed by atoms with E-state index in [0.717, 1.165) is 19.3 Å². The van der Waals surface area contributed by atoms with E-state index in [2.05, 4.69) is 0 Å². The Morgan fingerprint density at radius 1 is 1.55 bits per heavy atom. The molecule has 3 nitrogen and oxygen atoms in total. The van der Waals surface area contributed by atoms with E-state index in [4.69, 9.17) is 5.11 Å². The van der Waals surface area contributed by atoms with E-state index in [1.165, 1.54) is 0 Å². The lowest BCUT2D eigenvalue weighted by atomic mass is 9.68. The first-order valence-corrected chi connectivity index (χ1v) is 3.95. The predicted octanol–water partition coefficient (Wildman–Crippen LogP) is 0.237. The summed E-state index contributed by atoms with van der Waals surface area (Å²) < 4.78 is 0. The topological polar surface area (TPSA) is 40.5 Å². The second-order valence-electron chi connectivity index (χ2n) is 3.49. The van der Waals surface area contributed by atoms with E-state index in [1.807, 2.05) is 0 Å². The highest BCUT2D eigenvalue weighted by Gasteiger charge is 2.44.